The lowest BCUT2D eigenvalue weighted by atomic mass is 9.95. The predicted octanol–water partition coefficient (Wildman–Crippen LogP) is 2.26. The number of nitro groups is 2. The van der Waals surface area contributed by atoms with Crippen molar-refractivity contribution in [3.8, 4) is 0 Å². The van der Waals surface area contributed by atoms with E-state index < -0.39 is 9.85 Å². The van der Waals surface area contributed by atoms with Crippen LogP contribution in [0.1, 0.15) is 11.1 Å². The predicted molar refractivity (Wildman–Crippen MR) is 67.8 cm³/mol. The highest BCUT2D eigenvalue weighted by Gasteiger charge is 2.20. The van der Waals surface area contributed by atoms with E-state index in [-0.39, 0.29) is 11.4 Å². The molecule has 0 radical (unpaired) electrons. The van der Waals surface area contributed by atoms with E-state index in [4.69, 9.17) is 0 Å². The highest BCUT2D eigenvalue weighted by atomic mass is 16.6. The van der Waals surface area contributed by atoms with Gasteiger partial charge in [0.2, 0.25) is 0 Å². The fraction of sp³-hybridized carbons (Fsp3) is 0.167. The van der Waals surface area contributed by atoms with Gasteiger partial charge in [-0.2, -0.15) is 0 Å². The van der Waals surface area contributed by atoms with E-state index in [0.717, 1.165) is 16.5 Å². The number of nitro benzene ring substituents is 2. The van der Waals surface area contributed by atoms with Crippen molar-refractivity contribution in [1.29, 1.82) is 0 Å². The van der Waals surface area contributed by atoms with E-state index in [1.165, 1.54) is 24.3 Å². The summed E-state index contributed by atoms with van der Waals surface area (Å²) < 4.78 is 0. The summed E-state index contributed by atoms with van der Waals surface area (Å²) in [6, 6.07) is 5.81. The van der Waals surface area contributed by atoms with Gasteiger partial charge in [-0.3, -0.25) is 20.2 Å². The van der Waals surface area contributed by atoms with Crippen molar-refractivity contribution in [1.82, 2.24) is 5.32 Å². The molecule has 0 amide bonds. The minimum absolute atomic E-state index is 0.0438. The molecule has 1 aliphatic heterocycles. The Morgan fingerprint density at radius 2 is 1.37 bits per heavy atom. The van der Waals surface area contributed by atoms with Gasteiger partial charge in [0.15, 0.2) is 0 Å². The van der Waals surface area contributed by atoms with Crippen molar-refractivity contribution in [3.05, 3.63) is 55.6 Å². The summed E-state index contributed by atoms with van der Waals surface area (Å²) in [5, 5.41) is 26.3. The summed E-state index contributed by atoms with van der Waals surface area (Å²) in [7, 11) is 0. The second kappa shape index (κ2) is 3.99. The molecule has 0 bridgehead atoms. The van der Waals surface area contributed by atoms with Crippen molar-refractivity contribution in [2.45, 2.75) is 13.1 Å². The number of rotatable bonds is 2. The second-order valence-corrected chi connectivity index (χ2v) is 4.43. The zero-order valence-electron chi connectivity index (χ0n) is 9.75. The monoisotopic (exact) mass is 259 g/mol. The summed E-state index contributed by atoms with van der Waals surface area (Å²) in [5.74, 6) is 0. The molecule has 0 unspecified atom stereocenters. The van der Waals surface area contributed by atoms with Crippen molar-refractivity contribution in [3.63, 3.8) is 0 Å². The van der Waals surface area contributed by atoms with Crippen LogP contribution in [0.4, 0.5) is 11.4 Å². The summed E-state index contributed by atoms with van der Waals surface area (Å²) in [6.45, 7) is 1.06. The molecule has 7 nitrogen and oxygen atoms in total. The molecule has 7 heteroatoms. The van der Waals surface area contributed by atoms with Gasteiger partial charge in [-0.05, 0) is 21.9 Å². The fourth-order valence-electron chi connectivity index (χ4n) is 2.49. The zero-order valence-corrected chi connectivity index (χ0v) is 9.75. The molecule has 1 aliphatic rings. The van der Waals surface area contributed by atoms with Crippen LogP contribution in [-0.2, 0) is 13.1 Å². The van der Waals surface area contributed by atoms with Crippen LogP contribution in [-0.4, -0.2) is 9.85 Å². The second-order valence-electron chi connectivity index (χ2n) is 4.43. The van der Waals surface area contributed by atoms with Crippen LogP contribution in [0, 0.1) is 20.2 Å². The Morgan fingerprint density at radius 1 is 0.895 bits per heavy atom. The molecule has 0 spiro atoms. The molecule has 96 valence electrons. The Bertz CT molecular complexity index is 670. The number of hydrogen-bond donors (Lipinski definition) is 1. The van der Waals surface area contributed by atoms with Crippen molar-refractivity contribution < 1.29 is 9.85 Å². The lowest BCUT2D eigenvalue weighted by molar-refractivity contribution is -0.385. The Kier molecular flexibility index (Phi) is 2.42. The standard InChI is InChI=1S/C12H9N3O4/c16-14(17)10-1-7-2-11(15(18)19)4-9-6-13-5-8(3-10)12(7)9/h1-4,13H,5-6H2. The van der Waals surface area contributed by atoms with Gasteiger partial charge in [0.1, 0.15) is 0 Å². The first kappa shape index (κ1) is 11.5. The van der Waals surface area contributed by atoms with Crippen LogP contribution in [0.25, 0.3) is 10.8 Å². The highest BCUT2D eigenvalue weighted by Crippen LogP contribution is 2.33. The fourth-order valence-corrected chi connectivity index (χ4v) is 2.49. The molecule has 0 aliphatic carbocycles. The minimum atomic E-state index is -0.483. The Balaban J connectivity index is 2.38. The topological polar surface area (TPSA) is 98.3 Å². The average molecular weight is 259 g/mol. The summed E-state index contributed by atoms with van der Waals surface area (Å²) in [6.07, 6.45) is 0. The molecular weight excluding hydrogens is 250 g/mol. The number of benzene rings is 2. The molecule has 0 fully saturated rings. The van der Waals surface area contributed by atoms with Crippen molar-refractivity contribution in [2.75, 3.05) is 0 Å². The molecular formula is C12H9N3O4. The molecule has 2 aromatic rings. The molecule has 3 rings (SSSR count). The maximum Gasteiger partial charge on any atom is 0.270 e. The van der Waals surface area contributed by atoms with Gasteiger partial charge in [-0.15, -0.1) is 0 Å². The minimum Gasteiger partial charge on any atom is -0.309 e. The van der Waals surface area contributed by atoms with Crippen molar-refractivity contribution in [2.24, 2.45) is 0 Å². The average Bonchev–Trinajstić information content (AvgIpc) is 2.38. The largest absolute Gasteiger partial charge is 0.309 e. The van der Waals surface area contributed by atoms with Gasteiger partial charge in [-0.25, -0.2) is 0 Å². The lowest BCUT2D eigenvalue weighted by Gasteiger charge is -2.18. The quantitative estimate of drug-likeness (QED) is 0.658. The smallest absolute Gasteiger partial charge is 0.270 e. The van der Waals surface area contributed by atoms with Gasteiger partial charge in [0.25, 0.3) is 11.4 Å². The van der Waals surface area contributed by atoms with Gasteiger partial charge >= 0.3 is 0 Å². The molecule has 2 aromatic carbocycles. The van der Waals surface area contributed by atoms with E-state index >= 15 is 0 Å². The van der Waals surface area contributed by atoms with Gasteiger partial charge < -0.3 is 5.32 Å². The molecule has 0 saturated carbocycles. The SMILES string of the molecule is O=[N+]([O-])c1cc2c3c(cc([N+](=O)[O-])cc3c1)CNC2. The maximum atomic E-state index is 10.9. The summed E-state index contributed by atoms with van der Waals surface area (Å²) >= 11 is 0. The molecule has 1 heterocycles. The lowest BCUT2D eigenvalue weighted by Crippen LogP contribution is -2.18. The van der Waals surface area contributed by atoms with Crippen LogP contribution < -0.4 is 5.32 Å². The number of nitrogens with one attached hydrogen (secondary N) is 1. The number of nitrogens with zero attached hydrogens (tertiary/aromatic N) is 2. The molecule has 0 aromatic heterocycles. The van der Waals surface area contributed by atoms with E-state index in [2.05, 4.69) is 5.32 Å². The normalized spacial score (nSPS) is 13.5. The third-order valence-corrected chi connectivity index (χ3v) is 3.23. The Morgan fingerprint density at radius 3 is 1.79 bits per heavy atom. The van der Waals surface area contributed by atoms with Crippen LogP contribution in [0.5, 0.6) is 0 Å². The molecule has 1 N–H and O–H groups in total. The van der Waals surface area contributed by atoms with E-state index in [0.29, 0.717) is 18.5 Å². The third kappa shape index (κ3) is 1.80. The Hall–Kier alpha value is -2.54. The van der Waals surface area contributed by atoms with E-state index in [9.17, 15) is 20.2 Å². The van der Waals surface area contributed by atoms with Crippen molar-refractivity contribution >= 4 is 22.1 Å². The summed E-state index contributed by atoms with van der Waals surface area (Å²) in [4.78, 5) is 20.8. The molecule has 0 atom stereocenters. The molecule has 0 saturated heterocycles. The maximum absolute atomic E-state index is 10.9. The first-order valence-electron chi connectivity index (χ1n) is 5.65. The zero-order chi connectivity index (χ0) is 13.6. The first-order chi connectivity index (χ1) is 9.06. The van der Waals surface area contributed by atoms with Gasteiger partial charge in [-0.1, -0.05) is 0 Å². The van der Waals surface area contributed by atoms with Crippen LogP contribution in [0.2, 0.25) is 0 Å². The van der Waals surface area contributed by atoms with Crippen LogP contribution in [0.3, 0.4) is 0 Å². The number of hydrogen-bond acceptors (Lipinski definition) is 5. The van der Waals surface area contributed by atoms with E-state index in [1.54, 1.807) is 0 Å². The highest BCUT2D eigenvalue weighted by molar-refractivity contribution is 5.93. The van der Waals surface area contributed by atoms with Crippen LogP contribution >= 0.6 is 0 Å². The van der Waals surface area contributed by atoms with E-state index in [1.807, 2.05) is 0 Å². The van der Waals surface area contributed by atoms with Gasteiger partial charge in [0.05, 0.1) is 9.85 Å². The molecule has 19 heavy (non-hydrogen) atoms. The van der Waals surface area contributed by atoms with Gasteiger partial charge in [0, 0.05) is 37.4 Å². The Labute approximate surface area is 107 Å². The first-order valence-corrected chi connectivity index (χ1v) is 5.65. The number of non-ortho nitro benzene ring substituents is 2. The van der Waals surface area contributed by atoms with Crippen LogP contribution in [0.15, 0.2) is 24.3 Å². The summed E-state index contributed by atoms with van der Waals surface area (Å²) in [5.41, 5.74) is 1.52. The third-order valence-electron chi connectivity index (χ3n) is 3.23.